The van der Waals surface area contributed by atoms with E-state index in [9.17, 15) is 4.79 Å². The zero-order chi connectivity index (χ0) is 16.9. The third kappa shape index (κ3) is 3.93. The highest BCUT2D eigenvalue weighted by atomic mass is 79.9. The third-order valence-corrected chi connectivity index (χ3v) is 4.56. The Morgan fingerprint density at radius 1 is 1.33 bits per heavy atom. The second-order valence-electron chi connectivity index (χ2n) is 4.73. The second kappa shape index (κ2) is 7.46. The van der Waals surface area contributed by atoms with Crippen LogP contribution in [0, 0.1) is 0 Å². The number of carbonyl (C=O) groups excluding carboxylic acids is 1. The number of thiazole rings is 1. The van der Waals surface area contributed by atoms with Crippen LogP contribution in [0.4, 0.5) is 5.13 Å². The van der Waals surface area contributed by atoms with E-state index >= 15 is 0 Å². The van der Waals surface area contributed by atoms with Crippen molar-refractivity contribution in [2.24, 2.45) is 0 Å². The van der Waals surface area contributed by atoms with Gasteiger partial charge in [0.25, 0.3) is 5.91 Å². The molecule has 0 spiro atoms. The van der Waals surface area contributed by atoms with E-state index in [2.05, 4.69) is 26.2 Å². The Labute approximate surface area is 151 Å². The number of hydrogen-bond acceptors (Lipinski definition) is 5. The third-order valence-electron chi connectivity index (χ3n) is 3.17. The maximum absolute atomic E-state index is 12.7. The molecule has 7 heteroatoms. The van der Waals surface area contributed by atoms with Gasteiger partial charge in [-0.2, -0.15) is 0 Å². The van der Waals surface area contributed by atoms with Crippen molar-refractivity contribution in [2.45, 2.75) is 0 Å². The molecule has 0 fully saturated rings. The van der Waals surface area contributed by atoms with Gasteiger partial charge in [0.2, 0.25) is 0 Å². The number of carbonyl (C=O) groups is 1. The lowest BCUT2D eigenvalue weighted by Crippen LogP contribution is -2.13. The highest BCUT2D eigenvalue weighted by Gasteiger charge is 2.15. The number of nitrogens with one attached hydrogen (secondary N) is 1. The van der Waals surface area contributed by atoms with E-state index in [-0.39, 0.29) is 5.91 Å². The van der Waals surface area contributed by atoms with Crippen molar-refractivity contribution in [3.8, 4) is 5.75 Å². The largest absolute Gasteiger partial charge is 0.497 e. The SMILES string of the molecule is COc1ccc(/C(=C/c2ccco2)C(=O)Nc2ncc(Br)s2)cc1. The summed E-state index contributed by atoms with van der Waals surface area (Å²) in [6, 6.07) is 10.8. The second-order valence-corrected chi connectivity index (χ2v) is 7.14. The molecule has 5 nitrogen and oxygen atoms in total. The minimum Gasteiger partial charge on any atom is -0.497 e. The van der Waals surface area contributed by atoms with Gasteiger partial charge in [-0.1, -0.05) is 23.5 Å². The quantitative estimate of drug-likeness (QED) is 0.626. The Hall–Kier alpha value is -2.38. The number of anilines is 1. The number of nitrogens with zero attached hydrogens (tertiary/aromatic N) is 1. The molecule has 3 aromatic rings. The molecule has 1 amide bonds. The van der Waals surface area contributed by atoms with Gasteiger partial charge in [0.05, 0.1) is 28.9 Å². The normalized spacial score (nSPS) is 11.3. The van der Waals surface area contributed by atoms with E-state index in [4.69, 9.17) is 9.15 Å². The van der Waals surface area contributed by atoms with Gasteiger partial charge in [-0.15, -0.1) is 0 Å². The van der Waals surface area contributed by atoms with Gasteiger partial charge in [0.15, 0.2) is 5.13 Å². The minimum absolute atomic E-state index is 0.265. The molecule has 0 radical (unpaired) electrons. The predicted molar refractivity (Wildman–Crippen MR) is 98.0 cm³/mol. The number of furan rings is 1. The topological polar surface area (TPSA) is 64.4 Å². The first kappa shape index (κ1) is 16.5. The lowest BCUT2D eigenvalue weighted by Gasteiger charge is -2.08. The van der Waals surface area contributed by atoms with Crippen molar-refractivity contribution >= 4 is 50.0 Å². The maximum atomic E-state index is 12.7. The lowest BCUT2D eigenvalue weighted by atomic mass is 10.0. The molecule has 0 unspecified atom stereocenters. The first-order valence-corrected chi connectivity index (χ1v) is 8.59. The molecule has 0 atom stereocenters. The number of halogens is 1. The van der Waals surface area contributed by atoms with Gasteiger partial charge in [-0.25, -0.2) is 4.98 Å². The number of benzene rings is 1. The Morgan fingerprint density at radius 2 is 2.12 bits per heavy atom. The molecule has 2 aromatic heterocycles. The average molecular weight is 405 g/mol. The molecular weight excluding hydrogens is 392 g/mol. The Morgan fingerprint density at radius 3 is 2.71 bits per heavy atom. The Balaban J connectivity index is 1.93. The van der Waals surface area contributed by atoms with E-state index in [0.29, 0.717) is 16.5 Å². The highest BCUT2D eigenvalue weighted by molar-refractivity contribution is 9.11. The number of amides is 1. The molecule has 0 saturated carbocycles. The number of methoxy groups -OCH3 is 1. The van der Waals surface area contributed by atoms with Crippen LogP contribution in [0.5, 0.6) is 5.75 Å². The molecule has 0 aliphatic rings. The van der Waals surface area contributed by atoms with Gasteiger partial charge in [-0.3, -0.25) is 10.1 Å². The monoisotopic (exact) mass is 404 g/mol. The number of aromatic nitrogens is 1. The Kier molecular flexibility index (Phi) is 5.12. The van der Waals surface area contributed by atoms with Crippen molar-refractivity contribution in [1.29, 1.82) is 0 Å². The summed E-state index contributed by atoms with van der Waals surface area (Å²) in [4.78, 5) is 16.8. The molecule has 3 rings (SSSR count). The summed E-state index contributed by atoms with van der Waals surface area (Å²) >= 11 is 4.68. The number of rotatable bonds is 5. The molecule has 1 aromatic carbocycles. The van der Waals surface area contributed by atoms with Gasteiger partial charge in [0, 0.05) is 0 Å². The van der Waals surface area contributed by atoms with Crippen molar-refractivity contribution in [2.75, 3.05) is 12.4 Å². The molecule has 24 heavy (non-hydrogen) atoms. The first-order chi connectivity index (χ1) is 11.7. The zero-order valence-corrected chi connectivity index (χ0v) is 15.1. The van der Waals surface area contributed by atoms with Gasteiger partial charge < -0.3 is 9.15 Å². The summed E-state index contributed by atoms with van der Waals surface area (Å²) < 4.78 is 11.3. The van der Waals surface area contributed by atoms with Crippen LogP contribution in [0.2, 0.25) is 0 Å². The number of hydrogen-bond donors (Lipinski definition) is 1. The van der Waals surface area contributed by atoms with Crippen molar-refractivity contribution < 1.29 is 13.9 Å². The van der Waals surface area contributed by atoms with Crippen LogP contribution >= 0.6 is 27.3 Å². The maximum Gasteiger partial charge on any atom is 0.258 e. The predicted octanol–water partition coefficient (Wildman–Crippen LogP) is 4.69. The summed E-state index contributed by atoms with van der Waals surface area (Å²) in [5.74, 6) is 1.05. The van der Waals surface area contributed by atoms with Crippen molar-refractivity contribution in [1.82, 2.24) is 4.98 Å². The van der Waals surface area contributed by atoms with Crippen molar-refractivity contribution in [3.63, 3.8) is 0 Å². The fraction of sp³-hybridized carbons (Fsp3) is 0.0588. The van der Waals surface area contributed by atoms with E-state index in [1.54, 1.807) is 49.9 Å². The van der Waals surface area contributed by atoms with Crippen LogP contribution in [-0.2, 0) is 4.79 Å². The summed E-state index contributed by atoms with van der Waals surface area (Å²) in [5, 5.41) is 3.32. The van der Waals surface area contributed by atoms with Gasteiger partial charge in [-0.05, 0) is 51.8 Å². The van der Waals surface area contributed by atoms with E-state index in [1.807, 2.05) is 12.1 Å². The van der Waals surface area contributed by atoms with Gasteiger partial charge >= 0.3 is 0 Å². The average Bonchev–Trinajstić information content (AvgIpc) is 3.24. The van der Waals surface area contributed by atoms with Crippen LogP contribution in [0.3, 0.4) is 0 Å². The molecule has 122 valence electrons. The molecule has 0 aliphatic carbocycles. The Bertz CT molecular complexity index is 854. The van der Waals surface area contributed by atoms with Crippen LogP contribution in [0.15, 0.2) is 57.1 Å². The van der Waals surface area contributed by atoms with Crippen LogP contribution in [0.25, 0.3) is 11.6 Å². The summed E-state index contributed by atoms with van der Waals surface area (Å²) in [6.07, 6.45) is 4.90. The van der Waals surface area contributed by atoms with Crippen LogP contribution in [0.1, 0.15) is 11.3 Å². The van der Waals surface area contributed by atoms with Crippen LogP contribution < -0.4 is 10.1 Å². The highest BCUT2D eigenvalue weighted by Crippen LogP contribution is 2.26. The molecule has 0 bridgehead atoms. The van der Waals surface area contributed by atoms with E-state index in [0.717, 1.165) is 15.1 Å². The van der Waals surface area contributed by atoms with E-state index in [1.165, 1.54) is 11.3 Å². The van der Waals surface area contributed by atoms with Gasteiger partial charge in [0.1, 0.15) is 11.5 Å². The van der Waals surface area contributed by atoms with Crippen LogP contribution in [-0.4, -0.2) is 18.0 Å². The minimum atomic E-state index is -0.265. The van der Waals surface area contributed by atoms with E-state index < -0.39 is 0 Å². The lowest BCUT2D eigenvalue weighted by molar-refractivity contribution is -0.111. The fourth-order valence-electron chi connectivity index (χ4n) is 2.04. The number of ether oxygens (including phenoxy) is 1. The van der Waals surface area contributed by atoms with Crippen molar-refractivity contribution in [3.05, 3.63) is 64.0 Å². The summed E-state index contributed by atoms with van der Waals surface area (Å²) in [7, 11) is 1.60. The molecule has 0 aliphatic heterocycles. The molecule has 2 heterocycles. The molecule has 1 N–H and O–H groups in total. The summed E-state index contributed by atoms with van der Waals surface area (Å²) in [5.41, 5.74) is 1.22. The smallest absolute Gasteiger partial charge is 0.258 e. The summed E-state index contributed by atoms with van der Waals surface area (Å²) in [6.45, 7) is 0. The first-order valence-electron chi connectivity index (χ1n) is 6.98. The fourth-order valence-corrected chi connectivity index (χ4v) is 3.14. The molecule has 0 saturated heterocycles. The molecular formula is C17H13BrN2O3S. The standard InChI is InChI=1S/C17H13BrN2O3S/c1-22-12-6-4-11(5-7-12)14(9-13-3-2-8-23-13)16(21)20-17-19-10-15(18)24-17/h2-10H,1H3,(H,19,20,21)/b14-9-. The zero-order valence-electron chi connectivity index (χ0n) is 12.7.